The first-order chi connectivity index (χ1) is 21.6. The van der Waals surface area contributed by atoms with E-state index in [1.54, 1.807) is 60.7 Å². The Balaban J connectivity index is 0.000000942. The Labute approximate surface area is 268 Å². The van der Waals surface area contributed by atoms with Gasteiger partial charge in [0.15, 0.2) is 0 Å². The Morgan fingerprint density at radius 1 is 1.04 bits per heavy atom. The summed E-state index contributed by atoms with van der Waals surface area (Å²) in [5.41, 5.74) is 13.3. The monoisotopic (exact) mass is 666 g/mol. The van der Waals surface area contributed by atoms with Gasteiger partial charge in [-0.25, -0.2) is 4.79 Å². The minimum Gasteiger partial charge on any atom is -0.493 e. The lowest BCUT2D eigenvalue weighted by molar-refractivity contribution is -0.192. The number of hydrogen-bond donors (Lipinski definition) is 6. The van der Waals surface area contributed by atoms with E-state index in [1.807, 2.05) is 32.0 Å². The number of amides is 2. The van der Waals surface area contributed by atoms with Crippen LogP contribution in [0.1, 0.15) is 40.0 Å². The van der Waals surface area contributed by atoms with Gasteiger partial charge in [0, 0.05) is 16.8 Å². The first-order valence-electron chi connectivity index (χ1n) is 13.5. The Hall–Kier alpha value is -4.86. The first-order valence-corrected chi connectivity index (χ1v) is 13.9. The number of nitrogen functional groups attached to an aromatic ring is 1. The molecule has 0 aliphatic heterocycles. The number of carboxylic acid groups (broad SMARTS) is 1. The third-order valence-electron chi connectivity index (χ3n) is 5.76. The summed E-state index contributed by atoms with van der Waals surface area (Å²) < 4.78 is 43.3. The molecule has 1 unspecified atom stereocenters. The number of alkyl halides is 3. The molecule has 0 spiro atoms. The molecule has 3 aromatic rings. The van der Waals surface area contributed by atoms with Gasteiger partial charge in [0.25, 0.3) is 11.8 Å². The van der Waals surface area contributed by atoms with E-state index >= 15 is 0 Å². The molecule has 0 bridgehead atoms. The van der Waals surface area contributed by atoms with Crippen LogP contribution in [0, 0.1) is 5.41 Å². The fourth-order valence-corrected chi connectivity index (χ4v) is 3.84. The number of rotatable bonds is 12. The summed E-state index contributed by atoms with van der Waals surface area (Å²) in [7, 11) is 3.82. The number of nitrogens with zero attached hydrogens (tertiary/aromatic N) is 1. The van der Waals surface area contributed by atoms with Gasteiger partial charge in [-0.15, -0.1) is 0 Å². The molecular formula is C30H34ClF3N6O6. The predicted molar refractivity (Wildman–Crippen MR) is 166 cm³/mol. The van der Waals surface area contributed by atoms with Crippen molar-refractivity contribution in [3.8, 4) is 5.75 Å². The summed E-state index contributed by atoms with van der Waals surface area (Å²) in [5, 5.41) is 18.2. The molecule has 12 nitrogen and oxygen atoms in total. The molecule has 46 heavy (non-hydrogen) atoms. The van der Waals surface area contributed by atoms with Crippen molar-refractivity contribution in [2.75, 3.05) is 32.7 Å². The van der Waals surface area contributed by atoms with Crippen molar-refractivity contribution in [1.29, 1.82) is 5.41 Å². The van der Waals surface area contributed by atoms with Crippen molar-refractivity contribution >= 4 is 40.9 Å². The molecule has 7 N–H and O–H groups in total. The third-order valence-corrected chi connectivity index (χ3v) is 6.09. The highest BCUT2D eigenvalue weighted by molar-refractivity contribution is 6.33. The number of amidine groups is 1. The van der Waals surface area contributed by atoms with Gasteiger partial charge in [0.05, 0.1) is 30.5 Å². The minimum atomic E-state index is -5.08. The Morgan fingerprint density at radius 2 is 1.67 bits per heavy atom. The first kappa shape index (κ1) is 37.3. The molecule has 0 aliphatic rings. The molecule has 0 aromatic heterocycles. The summed E-state index contributed by atoms with van der Waals surface area (Å²) in [6, 6.07) is 17.8. The van der Waals surface area contributed by atoms with Crippen LogP contribution in [0.5, 0.6) is 5.75 Å². The lowest BCUT2D eigenvalue weighted by Crippen LogP contribution is -2.45. The largest absolute Gasteiger partial charge is 0.493 e. The van der Waals surface area contributed by atoms with E-state index in [4.69, 9.17) is 42.1 Å². The zero-order valence-corrected chi connectivity index (χ0v) is 25.8. The zero-order valence-electron chi connectivity index (χ0n) is 25.1. The van der Waals surface area contributed by atoms with E-state index in [9.17, 15) is 22.8 Å². The summed E-state index contributed by atoms with van der Waals surface area (Å²) >= 11 is 6.11. The topological polar surface area (TPSA) is 179 Å². The van der Waals surface area contributed by atoms with Gasteiger partial charge in [-0.3, -0.25) is 30.7 Å². The maximum absolute atomic E-state index is 13.4. The number of nitrogens with two attached hydrogens (primary N) is 1. The number of anilines is 1. The molecule has 16 heteroatoms. The van der Waals surface area contributed by atoms with Gasteiger partial charge in [-0.05, 0) is 69.0 Å². The second kappa shape index (κ2) is 17.6. The van der Waals surface area contributed by atoms with Crippen LogP contribution >= 0.6 is 11.6 Å². The van der Waals surface area contributed by atoms with E-state index in [-0.39, 0.29) is 16.4 Å². The Bertz CT molecular complexity index is 1510. The second-order valence-electron chi connectivity index (χ2n) is 9.65. The Morgan fingerprint density at radius 3 is 2.22 bits per heavy atom. The number of hydrazine groups is 1. The number of carboxylic acids is 1. The average molecular weight is 667 g/mol. The number of ether oxygens (including phenoxy) is 2. The molecule has 3 rings (SSSR count). The van der Waals surface area contributed by atoms with E-state index < -0.39 is 30.0 Å². The SMILES string of the molecule is CCOc1cc(C(Nc2ccc(C(=N)N)cc2)C(=O)NNC(=O)c2ccccc2Cl)ccc1COCN(C)C.O=C(O)C(F)(F)F. The summed E-state index contributed by atoms with van der Waals surface area (Å²) in [6.45, 7) is 3.08. The van der Waals surface area contributed by atoms with Crippen LogP contribution in [0.4, 0.5) is 18.9 Å². The molecule has 0 saturated carbocycles. The van der Waals surface area contributed by atoms with Crippen molar-refractivity contribution < 1.29 is 42.1 Å². The lowest BCUT2D eigenvalue weighted by atomic mass is 10.0. The summed E-state index contributed by atoms with van der Waals surface area (Å²) in [6.07, 6.45) is -5.08. The summed E-state index contributed by atoms with van der Waals surface area (Å²) in [5.74, 6) is -3.31. The highest BCUT2D eigenvalue weighted by Gasteiger charge is 2.38. The molecule has 2 amide bonds. The van der Waals surface area contributed by atoms with Crippen LogP contribution in [-0.4, -0.2) is 67.2 Å². The van der Waals surface area contributed by atoms with Gasteiger partial charge >= 0.3 is 12.1 Å². The van der Waals surface area contributed by atoms with Gasteiger partial charge in [0.2, 0.25) is 0 Å². The highest BCUT2D eigenvalue weighted by Crippen LogP contribution is 2.28. The fourth-order valence-electron chi connectivity index (χ4n) is 3.61. The van der Waals surface area contributed by atoms with Gasteiger partial charge in [-0.1, -0.05) is 35.9 Å². The zero-order chi connectivity index (χ0) is 34.4. The summed E-state index contributed by atoms with van der Waals surface area (Å²) in [4.78, 5) is 36.8. The number of nitrogens with one attached hydrogen (secondary N) is 4. The predicted octanol–water partition coefficient (Wildman–Crippen LogP) is 4.31. The van der Waals surface area contributed by atoms with Crippen LogP contribution in [0.2, 0.25) is 5.02 Å². The van der Waals surface area contributed by atoms with E-state index in [1.165, 1.54) is 0 Å². The van der Waals surface area contributed by atoms with E-state index in [2.05, 4.69) is 16.2 Å². The quantitative estimate of drug-likeness (QED) is 0.0711. The number of carbonyl (C=O) groups is 3. The van der Waals surface area contributed by atoms with Gasteiger partial charge in [-0.2, -0.15) is 13.2 Å². The van der Waals surface area contributed by atoms with Crippen molar-refractivity contribution in [3.05, 3.63) is 94.0 Å². The van der Waals surface area contributed by atoms with Crippen LogP contribution in [-0.2, 0) is 20.9 Å². The maximum atomic E-state index is 13.4. The fraction of sp³-hybridized carbons (Fsp3) is 0.267. The smallest absolute Gasteiger partial charge is 0.490 e. The molecule has 248 valence electrons. The standard InChI is InChI=1S/C28H33ClN6O4.C2HF3O2/c1-4-39-24-15-19(9-10-20(24)16-38-17-35(2)3)25(32-21-13-11-18(12-14-21)26(30)31)28(37)34-33-27(36)22-7-5-6-8-23(22)29;3-2(4,5)1(6)7/h5-15,25,32H,4,16-17H2,1-3H3,(H3,30,31)(H,33,36)(H,34,37);(H,6,7). The molecule has 0 radical (unpaired) electrons. The van der Waals surface area contributed by atoms with Crippen LogP contribution < -0.4 is 26.6 Å². The van der Waals surface area contributed by atoms with Crippen LogP contribution in [0.3, 0.4) is 0 Å². The van der Waals surface area contributed by atoms with Crippen molar-refractivity contribution in [3.63, 3.8) is 0 Å². The van der Waals surface area contributed by atoms with Crippen LogP contribution in [0.25, 0.3) is 0 Å². The molecule has 1 atom stereocenters. The van der Waals surface area contributed by atoms with E-state index in [0.29, 0.717) is 42.5 Å². The number of benzene rings is 3. The van der Waals surface area contributed by atoms with Gasteiger partial charge in [0.1, 0.15) is 17.6 Å². The molecule has 0 saturated heterocycles. The van der Waals surface area contributed by atoms with Gasteiger partial charge < -0.3 is 25.6 Å². The Kier molecular flexibility index (Phi) is 14.3. The lowest BCUT2D eigenvalue weighted by Gasteiger charge is -2.22. The second-order valence-corrected chi connectivity index (χ2v) is 10.1. The maximum Gasteiger partial charge on any atom is 0.490 e. The normalized spacial score (nSPS) is 11.5. The molecule has 0 fully saturated rings. The van der Waals surface area contributed by atoms with Crippen molar-refractivity contribution in [2.24, 2.45) is 5.73 Å². The number of halogens is 4. The number of carbonyl (C=O) groups excluding carboxylic acids is 2. The van der Waals surface area contributed by atoms with Crippen molar-refractivity contribution in [2.45, 2.75) is 25.7 Å². The molecule has 3 aromatic carbocycles. The minimum absolute atomic E-state index is 0.0634. The van der Waals surface area contributed by atoms with Crippen LogP contribution in [0.15, 0.2) is 66.7 Å². The molecule has 0 heterocycles. The highest BCUT2D eigenvalue weighted by atomic mass is 35.5. The third kappa shape index (κ3) is 11.9. The average Bonchev–Trinajstić information content (AvgIpc) is 2.99. The van der Waals surface area contributed by atoms with Crippen molar-refractivity contribution in [1.82, 2.24) is 15.8 Å². The number of aliphatic carboxylic acids is 1. The molecular weight excluding hydrogens is 633 g/mol. The van der Waals surface area contributed by atoms with E-state index in [0.717, 1.165) is 5.56 Å². The number of hydrogen-bond acceptors (Lipinski definition) is 8. The molecule has 0 aliphatic carbocycles.